The second-order valence-electron chi connectivity index (χ2n) is 2.05. The maximum atomic E-state index is 4.94. The fourth-order valence-corrected chi connectivity index (χ4v) is 0.587. The lowest BCUT2D eigenvalue weighted by molar-refractivity contribution is 0.179. The van der Waals surface area contributed by atoms with Gasteiger partial charge in [-0.05, 0) is 13.3 Å². The van der Waals surface area contributed by atoms with Gasteiger partial charge in [-0.3, -0.25) is 0 Å². The molecule has 0 aliphatic rings. The van der Waals surface area contributed by atoms with Crippen LogP contribution in [0.5, 0.6) is 0 Å². The van der Waals surface area contributed by atoms with Gasteiger partial charge in [-0.2, -0.15) is 0 Å². The van der Waals surface area contributed by atoms with Crippen LogP contribution in [0.4, 0.5) is 0 Å². The van der Waals surface area contributed by atoms with Gasteiger partial charge >= 0.3 is 0 Å². The summed E-state index contributed by atoms with van der Waals surface area (Å²) in [5.41, 5.74) is 0.998. The Kier molecular flexibility index (Phi) is 5.56. The van der Waals surface area contributed by atoms with Gasteiger partial charge in [0.05, 0.1) is 5.71 Å². The zero-order chi connectivity index (χ0) is 7.82. The highest BCUT2D eigenvalue weighted by Crippen LogP contribution is 1.91. The quantitative estimate of drug-likeness (QED) is 0.252. The van der Waals surface area contributed by atoms with Gasteiger partial charge in [0, 0.05) is 0 Å². The molecule has 0 saturated heterocycles. The molecule has 0 aromatic carbocycles. The lowest BCUT2D eigenvalue weighted by Crippen LogP contribution is -1.92. The third kappa shape index (κ3) is 5.17. The lowest BCUT2D eigenvalue weighted by Gasteiger charge is -1.95. The van der Waals surface area contributed by atoms with Crippen molar-refractivity contribution in [1.29, 1.82) is 0 Å². The summed E-state index contributed by atoms with van der Waals surface area (Å²) >= 11 is 0. The molecular weight excluding hydrogens is 126 g/mol. The molecule has 0 spiro atoms. The summed E-state index contributed by atoms with van der Waals surface area (Å²) in [6.45, 7) is 4.29. The SMILES string of the molecule is C#CCO/N=C(\C)CCC. The third-order valence-electron chi connectivity index (χ3n) is 0.980. The standard InChI is InChI=1S/C8H13NO/c1-4-6-8(3)9-10-7-5-2/h2H,4,6-7H2,1,3H3/b9-8+. The molecule has 2 nitrogen and oxygen atoms in total. The highest BCUT2D eigenvalue weighted by atomic mass is 16.6. The molecule has 0 aliphatic heterocycles. The predicted molar refractivity (Wildman–Crippen MR) is 42.8 cm³/mol. The van der Waals surface area contributed by atoms with Gasteiger partial charge in [-0.25, -0.2) is 0 Å². The molecule has 0 atom stereocenters. The van der Waals surface area contributed by atoms with Crippen LogP contribution >= 0.6 is 0 Å². The number of rotatable bonds is 4. The van der Waals surface area contributed by atoms with Crippen molar-refractivity contribution in [3.63, 3.8) is 0 Å². The van der Waals surface area contributed by atoms with Crippen LogP contribution in [0, 0.1) is 12.3 Å². The van der Waals surface area contributed by atoms with Crippen LogP contribution in [0.3, 0.4) is 0 Å². The summed E-state index contributed by atoms with van der Waals surface area (Å²) in [6, 6.07) is 0. The first-order valence-electron chi connectivity index (χ1n) is 3.40. The minimum absolute atomic E-state index is 0.265. The molecule has 10 heavy (non-hydrogen) atoms. The van der Waals surface area contributed by atoms with Crippen LogP contribution in [0.25, 0.3) is 0 Å². The van der Waals surface area contributed by atoms with Crippen molar-refractivity contribution in [1.82, 2.24) is 0 Å². The summed E-state index contributed by atoms with van der Waals surface area (Å²) in [5.74, 6) is 2.34. The Morgan fingerprint density at radius 1 is 1.70 bits per heavy atom. The summed E-state index contributed by atoms with van der Waals surface area (Å²) in [6.07, 6.45) is 7.01. The molecular formula is C8H13NO. The molecule has 0 bridgehead atoms. The normalized spacial score (nSPS) is 10.7. The second-order valence-corrected chi connectivity index (χ2v) is 2.05. The molecule has 0 unspecified atom stereocenters. The Hall–Kier alpha value is -0.970. The average molecular weight is 139 g/mol. The van der Waals surface area contributed by atoms with Gasteiger partial charge in [0.25, 0.3) is 0 Å². The van der Waals surface area contributed by atoms with Crippen LogP contribution in [0.1, 0.15) is 26.7 Å². The first-order valence-corrected chi connectivity index (χ1v) is 3.40. The maximum absolute atomic E-state index is 4.94. The van der Waals surface area contributed by atoms with E-state index in [2.05, 4.69) is 18.0 Å². The van der Waals surface area contributed by atoms with E-state index in [1.165, 1.54) is 0 Å². The van der Waals surface area contributed by atoms with Crippen molar-refractivity contribution in [3.8, 4) is 12.3 Å². The molecule has 0 aromatic rings. The molecule has 0 fully saturated rings. The van der Waals surface area contributed by atoms with E-state index in [1.807, 2.05) is 6.92 Å². The van der Waals surface area contributed by atoms with Crippen molar-refractivity contribution in [3.05, 3.63) is 0 Å². The fourth-order valence-electron chi connectivity index (χ4n) is 0.587. The van der Waals surface area contributed by atoms with E-state index in [0.717, 1.165) is 18.6 Å². The Morgan fingerprint density at radius 3 is 2.90 bits per heavy atom. The fraction of sp³-hybridized carbons (Fsp3) is 0.625. The van der Waals surface area contributed by atoms with E-state index in [4.69, 9.17) is 11.3 Å². The van der Waals surface area contributed by atoms with E-state index < -0.39 is 0 Å². The minimum atomic E-state index is 0.265. The van der Waals surface area contributed by atoms with Gasteiger partial charge in [-0.15, -0.1) is 6.42 Å². The first-order chi connectivity index (χ1) is 4.81. The summed E-state index contributed by atoms with van der Waals surface area (Å²) < 4.78 is 0. The number of oxime groups is 1. The molecule has 0 aromatic heterocycles. The third-order valence-corrected chi connectivity index (χ3v) is 0.980. The van der Waals surface area contributed by atoms with E-state index >= 15 is 0 Å². The molecule has 0 rings (SSSR count). The van der Waals surface area contributed by atoms with Crippen molar-refractivity contribution in [2.45, 2.75) is 26.7 Å². The van der Waals surface area contributed by atoms with Gasteiger partial charge in [0.2, 0.25) is 0 Å². The number of hydrogen-bond donors (Lipinski definition) is 0. The first kappa shape index (κ1) is 9.03. The van der Waals surface area contributed by atoms with Crippen LogP contribution < -0.4 is 0 Å². The molecule has 56 valence electrons. The molecule has 0 saturated carbocycles. The zero-order valence-electron chi connectivity index (χ0n) is 6.55. The molecule has 0 radical (unpaired) electrons. The Balaban J connectivity index is 3.39. The smallest absolute Gasteiger partial charge is 0.177 e. The van der Waals surface area contributed by atoms with Crippen molar-refractivity contribution >= 4 is 5.71 Å². The molecule has 0 aliphatic carbocycles. The second kappa shape index (κ2) is 6.15. The van der Waals surface area contributed by atoms with Gasteiger partial charge in [0.15, 0.2) is 6.61 Å². The summed E-state index contributed by atoms with van der Waals surface area (Å²) in [7, 11) is 0. The highest BCUT2D eigenvalue weighted by molar-refractivity contribution is 5.81. The summed E-state index contributed by atoms with van der Waals surface area (Å²) in [4.78, 5) is 4.75. The van der Waals surface area contributed by atoms with Crippen LogP contribution in [-0.2, 0) is 4.84 Å². The van der Waals surface area contributed by atoms with Crippen LogP contribution in [0.2, 0.25) is 0 Å². The highest BCUT2D eigenvalue weighted by Gasteiger charge is 1.87. The van der Waals surface area contributed by atoms with E-state index in [0.29, 0.717) is 0 Å². The molecule has 0 amide bonds. The predicted octanol–water partition coefficient (Wildman–Crippen LogP) is 1.81. The van der Waals surface area contributed by atoms with E-state index in [1.54, 1.807) is 0 Å². The number of hydrogen-bond acceptors (Lipinski definition) is 2. The Bertz CT molecular complexity index is 144. The van der Waals surface area contributed by atoms with Crippen LogP contribution in [-0.4, -0.2) is 12.3 Å². The van der Waals surface area contributed by atoms with Gasteiger partial charge in [0.1, 0.15) is 0 Å². The van der Waals surface area contributed by atoms with Crippen LogP contribution in [0.15, 0.2) is 5.16 Å². The molecule has 0 N–H and O–H groups in total. The Labute approximate surface area is 62.3 Å². The Morgan fingerprint density at radius 2 is 2.40 bits per heavy atom. The van der Waals surface area contributed by atoms with Crippen molar-refractivity contribution in [2.75, 3.05) is 6.61 Å². The number of nitrogens with zero attached hydrogens (tertiary/aromatic N) is 1. The minimum Gasteiger partial charge on any atom is -0.383 e. The van der Waals surface area contributed by atoms with Crippen molar-refractivity contribution < 1.29 is 4.84 Å². The zero-order valence-corrected chi connectivity index (χ0v) is 6.55. The largest absolute Gasteiger partial charge is 0.383 e. The molecule has 0 heterocycles. The topological polar surface area (TPSA) is 21.6 Å². The molecule has 2 heteroatoms. The number of terminal acetylenes is 1. The van der Waals surface area contributed by atoms with Gasteiger partial charge < -0.3 is 4.84 Å². The monoisotopic (exact) mass is 139 g/mol. The maximum Gasteiger partial charge on any atom is 0.177 e. The summed E-state index contributed by atoms with van der Waals surface area (Å²) in [5, 5.41) is 3.78. The van der Waals surface area contributed by atoms with E-state index in [-0.39, 0.29) is 6.61 Å². The lowest BCUT2D eigenvalue weighted by atomic mass is 10.2. The van der Waals surface area contributed by atoms with E-state index in [9.17, 15) is 0 Å². The van der Waals surface area contributed by atoms with Crippen molar-refractivity contribution in [2.24, 2.45) is 5.16 Å². The van der Waals surface area contributed by atoms with Gasteiger partial charge in [-0.1, -0.05) is 24.4 Å². The average Bonchev–Trinajstić information content (AvgIpc) is 1.89.